The van der Waals surface area contributed by atoms with Crippen molar-refractivity contribution in [3.05, 3.63) is 69.4 Å². The van der Waals surface area contributed by atoms with Crippen molar-refractivity contribution in [1.29, 1.82) is 0 Å². The highest BCUT2D eigenvalue weighted by atomic mass is 79.9. The molecule has 0 saturated heterocycles. The van der Waals surface area contributed by atoms with Crippen molar-refractivity contribution >= 4 is 15.9 Å². The third kappa shape index (κ3) is 4.94. The first-order chi connectivity index (χ1) is 10.1. The second-order valence-corrected chi connectivity index (χ2v) is 6.45. The zero-order valence-electron chi connectivity index (χ0n) is 12.5. The molecule has 0 radical (unpaired) electrons. The van der Waals surface area contributed by atoms with Crippen LogP contribution in [0.2, 0.25) is 0 Å². The Hall–Kier alpha value is -1.19. The molecule has 1 atom stereocenters. The van der Waals surface area contributed by atoms with Gasteiger partial charge in [-0.3, -0.25) is 0 Å². The highest BCUT2D eigenvalue weighted by Gasteiger charge is 2.12. The van der Waals surface area contributed by atoms with Crippen LogP contribution in [0.25, 0.3) is 0 Å². The van der Waals surface area contributed by atoms with E-state index in [0.717, 1.165) is 35.0 Å². The van der Waals surface area contributed by atoms with Gasteiger partial charge in [0.2, 0.25) is 0 Å². The summed E-state index contributed by atoms with van der Waals surface area (Å²) in [5, 5.41) is 3.25. The van der Waals surface area contributed by atoms with E-state index in [-0.39, 0.29) is 5.82 Å². The van der Waals surface area contributed by atoms with Crippen LogP contribution in [0, 0.1) is 18.7 Å². The van der Waals surface area contributed by atoms with Gasteiger partial charge in [0.1, 0.15) is 5.82 Å². The molecule has 2 rings (SSSR count). The molecule has 0 aromatic heterocycles. The first-order valence-corrected chi connectivity index (χ1v) is 8.02. The molecular weight excluding hydrogens is 329 g/mol. The van der Waals surface area contributed by atoms with Gasteiger partial charge in [0.05, 0.1) is 0 Å². The standard InChI is InChI=1S/C18H21BrFN/c1-13-6-7-18(20)11-16(13)9-15(12-21-2)8-14-4-3-5-17(19)10-14/h3-7,10-11,15,21H,8-9,12H2,1-2H3. The van der Waals surface area contributed by atoms with Gasteiger partial charge in [-0.25, -0.2) is 4.39 Å². The van der Waals surface area contributed by atoms with Gasteiger partial charge >= 0.3 is 0 Å². The Bertz CT molecular complexity index is 598. The van der Waals surface area contributed by atoms with E-state index >= 15 is 0 Å². The highest BCUT2D eigenvalue weighted by Crippen LogP contribution is 2.20. The summed E-state index contributed by atoms with van der Waals surface area (Å²) in [4.78, 5) is 0. The summed E-state index contributed by atoms with van der Waals surface area (Å²) in [6, 6.07) is 13.4. The van der Waals surface area contributed by atoms with Crippen molar-refractivity contribution in [3.8, 4) is 0 Å². The maximum absolute atomic E-state index is 13.4. The Morgan fingerprint density at radius 1 is 1.14 bits per heavy atom. The summed E-state index contributed by atoms with van der Waals surface area (Å²) in [7, 11) is 1.96. The second kappa shape index (κ2) is 7.71. The van der Waals surface area contributed by atoms with Crippen molar-refractivity contribution in [2.75, 3.05) is 13.6 Å². The molecule has 0 aliphatic carbocycles. The lowest BCUT2D eigenvalue weighted by Gasteiger charge is -2.18. The second-order valence-electron chi connectivity index (χ2n) is 5.53. The predicted molar refractivity (Wildman–Crippen MR) is 90.1 cm³/mol. The van der Waals surface area contributed by atoms with Crippen LogP contribution >= 0.6 is 15.9 Å². The van der Waals surface area contributed by atoms with Crippen LogP contribution < -0.4 is 5.32 Å². The maximum Gasteiger partial charge on any atom is 0.123 e. The topological polar surface area (TPSA) is 12.0 Å². The molecule has 2 aromatic carbocycles. The van der Waals surface area contributed by atoms with Gasteiger partial charge in [-0.1, -0.05) is 34.1 Å². The van der Waals surface area contributed by atoms with Gasteiger partial charge < -0.3 is 5.32 Å². The molecule has 0 spiro atoms. The van der Waals surface area contributed by atoms with Crippen LogP contribution in [0.3, 0.4) is 0 Å². The van der Waals surface area contributed by atoms with E-state index in [4.69, 9.17) is 0 Å². The molecule has 0 aliphatic rings. The molecule has 0 aliphatic heterocycles. The van der Waals surface area contributed by atoms with E-state index in [1.54, 1.807) is 6.07 Å². The minimum Gasteiger partial charge on any atom is -0.319 e. The maximum atomic E-state index is 13.4. The van der Waals surface area contributed by atoms with Gasteiger partial charge in [-0.15, -0.1) is 0 Å². The van der Waals surface area contributed by atoms with Crippen LogP contribution in [0.1, 0.15) is 16.7 Å². The fourth-order valence-electron chi connectivity index (χ4n) is 2.67. The van der Waals surface area contributed by atoms with Gasteiger partial charge in [0.15, 0.2) is 0 Å². The molecule has 0 amide bonds. The van der Waals surface area contributed by atoms with E-state index in [1.807, 2.05) is 26.1 Å². The van der Waals surface area contributed by atoms with Crippen molar-refractivity contribution in [3.63, 3.8) is 0 Å². The monoisotopic (exact) mass is 349 g/mol. The minimum atomic E-state index is -0.152. The Labute approximate surface area is 134 Å². The Morgan fingerprint density at radius 2 is 1.95 bits per heavy atom. The van der Waals surface area contributed by atoms with E-state index < -0.39 is 0 Å². The summed E-state index contributed by atoms with van der Waals surface area (Å²) in [6.45, 7) is 2.97. The van der Waals surface area contributed by atoms with Crippen LogP contribution in [0.5, 0.6) is 0 Å². The molecule has 112 valence electrons. The predicted octanol–water partition coefficient (Wildman–Crippen LogP) is 4.52. The Balaban J connectivity index is 2.13. The Morgan fingerprint density at radius 3 is 2.67 bits per heavy atom. The smallest absolute Gasteiger partial charge is 0.123 e. The molecule has 1 nitrogen and oxygen atoms in total. The molecule has 1 unspecified atom stereocenters. The number of nitrogens with one attached hydrogen (secondary N) is 1. The minimum absolute atomic E-state index is 0.152. The molecule has 21 heavy (non-hydrogen) atoms. The summed E-state index contributed by atoms with van der Waals surface area (Å²) in [5.74, 6) is 0.297. The van der Waals surface area contributed by atoms with Gasteiger partial charge in [-0.05, 0) is 80.2 Å². The lowest BCUT2D eigenvalue weighted by Crippen LogP contribution is -2.23. The van der Waals surface area contributed by atoms with E-state index in [1.165, 1.54) is 11.6 Å². The molecule has 0 heterocycles. The fourth-order valence-corrected chi connectivity index (χ4v) is 3.12. The zero-order valence-corrected chi connectivity index (χ0v) is 14.1. The number of halogens is 2. The molecule has 0 saturated carbocycles. The van der Waals surface area contributed by atoms with Crippen LogP contribution in [0.4, 0.5) is 4.39 Å². The largest absolute Gasteiger partial charge is 0.319 e. The molecular formula is C18H21BrFN. The first-order valence-electron chi connectivity index (χ1n) is 7.22. The van der Waals surface area contributed by atoms with Gasteiger partial charge in [-0.2, -0.15) is 0 Å². The molecule has 2 aromatic rings. The number of rotatable bonds is 6. The quantitative estimate of drug-likeness (QED) is 0.808. The van der Waals surface area contributed by atoms with Crippen molar-refractivity contribution in [2.24, 2.45) is 5.92 Å². The van der Waals surface area contributed by atoms with E-state index in [9.17, 15) is 4.39 Å². The third-order valence-corrected chi connectivity index (χ3v) is 4.22. The van der Waals surface area contributed by atoms with Gasteiger partial charge in [0.25, 0.3) is 0 Å². The number of hydrogen-bond donors (Lipinski definition) is 1. The lowest BCUT2D eigenvalue weighted by atomic mass is 9.90. The molecule has 0 bridgehead atoms. The van der Waals surface area contributed by atoms with E-state index in [2.05, 4.69) is 39.4 Å². The molecule has 1 N–H and O–H groups in total. The summed E-state index contributed by atoms with van der Waals surface area (Å²) in [5.41, 5.74) is 3.57. The SMILES string of the molecule is CNCC(Cc1cccc(Br)c1)Cc1cc(F)ccc1C. The van der Waals surface area contributed by atoms with Crippen molar-refractivity contribution in [1.82, 2.24) is 5.32 Å². The number of hydrogen-bond acceptors (Lipinski definition) is 1. The summed E-state index contributed by atoms with van der Waals surface area (Å²) in [6.07, 6.45) is 1.87. The summed E-state index contributed by atoms with van der Waals surface area (Å²) < 4.78 is 14.5. The fraction of sp³-hybridized carbons (Fsp3) is 0.333. The molecule has 3 heteroatoms. The zero-order chi connectivity index (χ0) is 15.2. The highest BCUT2D eigenvalue weighted by molar-refractivity contribution is 9.10. The van der Waals surface area contributed by atoms with Crippen LogP contribution in [-0.2, 0) is 12.8 Å². The van der Waals surface area contributed by atoms with Crippen molar-refractivity contribution in [2.45, 2.75) is 19.8 Å². The Kier molecular flexibility index (Phi) is 5.95. The average Bonchev–Trinajstić information content (AvgIpc) is 2.43. The lowest BCUT2D eigenvalue weighted by molar-refractivity contribution is 0.490. The van der Waals surface area contributed by atoms with E-state index in [0.29, 0.717) is 5.92 Å². The van der Waals surface area contributed by atoms with Crippen molar-refractivity contribution < 1.29 is 4.39 Å². The summed E-state index contributed by atoms with van der Waals surface area (Å²) >= 11 is 3.51. The number of benzene rings is 2. The first kappa shape index (κ1) is 16.2. The van der Waals surface area contributed by atoms with Crippen LogP contribution in [0.15, 0.2) is 46.9 Å². The molecule has 0 fully saturated rings. The van der Waals surface area contributed by atoms with Crippen LogP contribution in [-0.4, -0.2) is 13.6 Å². The third-order valence-electron chi connectivity index (χ3n) is 3.73. The van der Waals surface area contributed by atoms with Gasteiger partial charge in [0, 0.05) is 4.47 Å². The number of aryl methyl sites for hydroxylation is 1. The average molecular weight is 350 g/mol. The normalized spacial score (nSPS) is 12.4.